The van der Waals surface area contributed by atoms with E-state index in [0.29, 0.717) is 19.1 Å². The van der Waals surface area contributed by atoms with Crippen LogP contribution in [0.5, 0.6) is 0 Å². The highest BCUT2D eigenvalue weighted by molar-refractivity contribution is 7.99. The molecule has 1 aliphatic rings. The van der Waals surface area contributed by atoms with E-state index in [0.717, 1.165) is 11.5 Å². The first kappa shape index (κ1) is 7.06. The average molecular weight is 148 g/mol. The van der Waals surface area contributed by atoms with Crippen molar-refractivity contribution in [2.24, 2.45) is 0 Å². The molecule has 0 aromatic heterocycles. The topological polar surface area (TPSA) is 17.1 Å². The van der Waals surface area contributed by atoms with Crippen LogP contribution in [0.4, 0.5) is 4.39 Å². The van der Waals surface area contributed by atoms with Crippen LogP contribution in [0, 0.1) is 0 Å². The van der Waals surface area contributed by atoms with Gasteiger partial charge in [0.2, 0.25) is 0 Å². The second-order valence-electron chi connectivity index (χ2n) is 2.26. The Bertz CT molecular complexity index is 110. The van der Waals surface area contributed by atoms with Crippen molar-refractivity contribution in [2.45, 2.75) is 18.5 Å². The van der Waals surface area contributed by atoms with E-state index in [4.69, 9.17) is 0 Å². The zero-order valence-electron chi connectivity index (χ0n) is 5.10. The van der Waals surface area contributed by atoms with E-state index < -0.39 is 5.67 Å². The molecule has 52 valence electrons. The van der Waals surface area contributed by atoms with Crippen molar-refractivity contribution in [3.8, 4) is 0 Å². The molecule has 9 heavy (non-hydrogen) atoms. The molecule has 0 spiro atoms. The number of carbonyl (C=O) groups excluding carboxylic acids is 1. The van der Waals surface area contributed by atoms with E-state index in [9.17, 15) is 9.18 Å². The molecule has 0 aromatic rings. The van der Waals surface area contributed by atoms with Gasteiger partial charge in [-0.2, -0.15) is 11.8 Å². The van der Waals surface area contributed by atoms with Gasteiger partial charge in [0, 0.05) is 0 Å². The number of hydrogen-bond acceptors (Lipinski definition) is 2. The van der Waals surface area contributed by atoms with Crippen molar-refractivity contribution in [1.82, 2.24) is 0 Å². The van der Waals surface area contributed by atoms with Crippen molar-refractivity contribution >= 4 is 18.0 Å². The summed E-state index contributed by atoms with van der Waals surface area (Å²) in [5.41, 5.74) is -1.48. The molecule has 0 bridgehead atoms. The molecular weight excluding hydrogens is 139 g/mol. The van der Waals surface area contributed by atoms with Crippen LogP contribution >= 0.6 is 11.8 Å². The van der Waals surface area contributed by atoms with Crippen LogP contribution in [-0.2, 0) is 4.79 Å². The first-order chi connectivity index (χ1) is 4.27. The molecule has 0 amide bonds. The van der Waals surface area contributed by atoms with Crippen LogP contribution in [0.25, 0.3) is 0 Å². The number of aldehydes is 1. The summed E-state index contributed by atoms with van der Waals surface area (Å²) in [6.07, 6.45) is 1.26. The molecule has 1 heterocycles. The largest absolute Gasteiger partial charge is 0.300 e. The van der Waals surface area contributed by atoms with Crippen LogP contribution in [0.15, 0.2) is 0 Å². The summed E-state index contributed by atoms with van der Waals surface area (Å²) >= 11 is 1.71. The molecule has 0 radical (unpaired) electrons. The molecule has 1 rings (SSSR count). The molecule has 1 aliphatic heterocycles. The van der Waals surface area contributed by atoms with Crippen molar-refractivity contribution in [3.63, 3.8) is 0 Å². The summed E-state index contributed by atoms with van der Waals surface area (Å²) < 4.78 is 12.9. The van der Waals surface area contributed by atoms with Gasteiger partial charge < -0.3 is 0 Å². The third-order valence-corrected chi connectivity index (χ3v) is 2.52. The fourth-order valence-electron chi connectivity index (χ4n) is 0.829. The maximum Gasteiger partial charge on any atom is 0.167 e. The maximum absolute atomic E-state index is 12.9. The van der Waals surface area contributed by atoms with Crippen LogP contribution in [0.3, 0.4) is 0 Å². The van der Waals surface area contributed by atoms with Gasteiger partial charge in [0.05, 0.1) is 0 Å². The van der Waals surface area contributed by atoms with Crippen molar-refractivity contribution in [1.29, 1.82) is 0 Å². The van der Waals surface area contributed by atoms with Crippen LogP contribution in [-0.4, -0.2) is 23.5 Å². The Hall–Kier alpha value is -0.0500. The second-order valence-corrected chi connectivity index (χ2v) is 3.49. The van der Waals surface area contributed by atoms with Crippen LogP contribution < -0.4 is 0 Å². The van der Waals surface area contributed by atoms with Crippen molar-refractivity contribution in [3.05, 3.63) is 0 Å². The molecule has 0 saturated carbocycles. The Kier molecular flexibility index (Phi) is 2.11. The molecule has 3 heteroatoms. The lowest BCUT2D eigenvalue weighted by atomic mass is 10.0. The number of alkyl halides is 1. The summed E-state index contributed by atoms with van der Waals surface area (Å²) in [5, 5.41) is 0. The Morgan fingerprint density at radius 1 is 1.44 bits per heavy atom. The normalized spacial score (nSPS) is 25.4. The van der Waals surface area contributed by atoms with E-state index in [1.54, 1.807) is 11.8 Å². The molecule has 1 fully saturated rings. The van der Waals surface area contributed by atoms with Crippen LogP contribution in [0.1, 0.15) is 12.8 Å². The molecule has 1 nitrogen and oxygen atoms in total. The minimum absolute atomic E-state index is 0.404. The van der Waals surface area contributed by atoms with Gasteiger partial charge in [-0.25, -0.2) is 4.39 Å². The Morgan fingerprint density at radius 2 is 2.00 bits per heavy atom. The smallest absolute Gasteiger partial charge is 0.167 e. The van der Waals surface area contributed by atoms with E-state index in [1.165, 1.54) is 0 Å². The summed E-state index contributed by atoms with van der Waals surface area (Å²) in [5.74, 6) is 1.57. The fourth-order valence-corrected chi connectivity index (χ4v) is 2.00. The van der Waals surface area contributed by atoms with Crippen LogP contribution in [0.2, 0.25) is 0 Å². The van der Waals surface area contributed by atoms with E-state index >= 15 is 0 Å². The Balaban J connectivity index is 2.46. The lowest BCUT2D eigenvalue weighted by Gasteiger charge is -2.22. The third-order valence-electron chi connectivity index (χ3n) is 1.54. The average Bonchev–Trinajstić information content (AvgIpc) is 1.90. The molecule has 0 N–H and O–H groups in total. The first-order valence-electron chi connectivity index (χ1n) is 3.00. The van der Waals surface area contributed by atoms with Gasteiger partial charge in [-0.05, 0) is 24.3 Å². The lowest BCUT2D eigenvalue weighted by molar-refractivity contribution is -0.118. The van der Waals surface area contributed by atoms with Gasteiger partial charge in [-0.1, -0.05) is 0 Å². The third kappa shape index (κ3) is 1.68. The quantitative estimate of drug-likeness (QED) is 0.523. The number of rotatable bonds is 1. The maximum atomic E-state index is 12.9. The highest BCUT2D eigenvalue weighted by Gasteiger charge is 2.30. The van der Waals surface area contributed by atoms with Gasteiger partial charge in [-0.15, -0.1) is 0 Å². The Labute approximate surface area is 58.0 Å². The van der Waals surface area contributed by atoms with Gasteiger partial charge in [0.15, 0.2) is 12.0 Å². The number of hydrogen-bond donors (Lipinski definition) is 0. The molecular formula is C6H9FOS. The van der Waals surface area contributed by atoms with E-state index in [1.807, 2.05) is 0 Å². The summed E-state index contributed by atoms with van der Waals surface area (Å²) in [4.78, 5) is 10.1. The highest BCUT2D eigenvalue weighted by Crippen LogP contribution is 2.28. The predicted molar refractivity (Wildman–Crippen MR) is 36.5 cm³/mol. The van der Waals surface area contributed by atoms with Gasteiger partial charge in [0.25, 0.3) is 0 Å². The van der Waals surface area contributed by atoms with Crippen molar-refractivity contribution < 1.29 is 9.18 Å². The highest BCUT2D eigenvalue weighted by atomic mass is 32.2. The van der Waals surface area contributed by atoms with Gasteiger partial charge >= 0.3 is 0 Å². The number of halogens is 1. The monoisotopic (exact) mass is 148 g/mol. The fraction of sp³-hybridized carbons (Fsp3) is 0.833. The summed E-state index contributed by atoms with van der Waals surface area (Å²) in [6, 6.07) is 0. The van der Waals surface area contributed by atoms with E-state index in [2.05, 4.69) is 0 Å². The SMILES string of the molecule is O=CC1(F)CCSCC1. The zero-order chi connectivity index (χ0) is 6.74. The van der Waals surface area contributed by atoms with E-state index in [-0.39, 0.29) is 0 Å². The number of carbonyl (C=O) groups is 1. The summed E-state index contributed by atoms with van der Waals surface area (Å²) in [6.45, 7) is 0. The molecule has 1 saturated heterocycles. The lowest BCUT2D eigenvalue weighted by Crippen LogP contribution is -2.29. The number of thioether (sulfide) groups is 1. The summed E-state index contributed by atoms with van der Waals surface area (Å²) in [7, 11) is 0. The first-order valence-corrected chi connectivity index (χ1v) is 4.15. The molecule has 0 atom stereocenters. The van der Waals surface area contributed by atoms with Crippen molar-refractivity contribution in [2.75, 3.05) is 11.5 Å². The minimum Gasteiger partial charge on any atom is -0.300 e. The minimum atomic E-state index is -1.48. The van der Waals surface area contributed by atoms with Gasteiger partial charge in [-0.3, -0.25) is 4.79 Å². The Morgan fingerprint density at radius 3 is 2.33 bits per heavy atom. The standard InChI is InChI=1S/C6H9FOS/c7-6(5-8)1-3-9-4-2-6/h5H,1-4H2. The van der Waals surface area contributed by atoms with Gasteiger partial charge in [0.1, 0.15) is 0 Å². The molecule has 0 aromatic carbocycles. The zero-order valence-corrected chi connectivity index (χ0v) is 5.92. The molecule has 0 aliphatic carbocycles. The molecule has 0 unspecified atom stereocenters. The predicted octanol–water partition coefficient (Wildman–Crippen LogP) is 1.42. The second kappa shape index (κ2) is 2.69.